The molecule has 0 aliphatic heterocycles. The Morgan fingerprint density at radius 1 is 1.47 bits per heavy atom. The van der Waals surface area contributed by atoms with E-state index in [0.29, 0.717) is 11.6 Å². The zero-order chi connectivity index (χ0) is 12.1. The summed E-state index contributed by atoms with van der Waals surface area (Å²) in [6.07, 6.45) is 6.18. The molecule has 0 spiro atoms. The van der Waals surface area contributed by atoms with Crippen LogP contribution in [-0.4, -0.2) is 16.6 Å². The Morgan fingerprint density at radius 2 is 2.35 bits per heavy atom. The van der Waals surface area contributed by atoms with Crippen LogP contribution in [0.2, 0.25) is 0 Å². The van der Waals surface area contributed by atoms with E-state index >= 15 is 0 Å². The third-order valence-electron chi connectivity index (χ3n) is 3.09. The minimum absolute atomic E-state index is 0.240. The smallest absolute Gasteiger partial charge is 0.266 e. The molecule has 1 aliphatic carbocycles. The number of carbonyl (C=O) groups is 1. The predicted molar refractivity (Wildman–Crippen MR) is 66.8 cm³/mol. The highest BCUT2D eigenvalue weighted by Crippen LogP contribution is 2.20. The lowest BCUT2D eigenvalue weighted by atomic mass is 9.89. The van der Waals surface area contributed by atoms with Crippen LogP contribution < -0.4 is 5.43 Å². The van der Waals surface area contributed by atoms with E-state index in [2.05, 4.69) is 22.4 Å². The number of pyridine rings is 1. The van der Waals surface area contributed by atoms with Crippen molar-refractivity contribution in [3.63, 3.8) is 0 Å². The highest BCUT2D eigenvalue weighted by atomic mass is 16.2. The van der Waals surface area contributed by atoms with Gasteiger partial charge in [0.05, 0.1) is 0 Å². The zero-order valence-corrected chi connectivity index (χ0v) is 10.0. The molecule has 90 valence electrons. The summed E-state index contributed by atoms with van der Waals surface area (Å²) in [7, 11) is 0. The van der Waals surface area contributed by atoms with Crippen LogP contribution in [0.4, 0.5) is 0 Å². The molecule has 0 radical (unpaired) electrons. The molecule has 0 aromatic carbocycles. The number of nitrogens with one attached hydrogen (secondary N) is 1. The Labute approximate surface area is 101 Å². The standard InChI is InChI=1S/C13H17N3O/c1-10-6-2-3-7-11(10)15-16-13(17)12-8-4-5-9-14-12/h4-5,8-10H,2-3,6-7H2,1H3,(H,16,17)/b15-11-/t10-/m1/s1. The maximum absolute atomic E-state index is 11.7. The molecule has 1 aromatic heterocycles. The van der Waals surface area contributed by atoms with Crippen molar-refractivity contribution in [3.8, 4) is 0 Å². The topological polar surface area (TPSA) is 54.4 Å². The summed E-state index contributed by atoms with van der Waals surface area (Å²) >= 11 is 0. The number of hydrogen-bond acceptors (Lipinski definition) is 3. The maximum Gasteiger partial charge on any atom is 0.289 e. The van der Waals surface area contributed by atoms with Crippen molar-refractivity contribution >= 4 is 11.6 Å². The van der Waals surface area contributed by atoms with E-state index in [-0.39, 0.29) is 5.91 Å². The number of amides is 1. The molecule has 1 amide bonds. The van der Waals surface area contributed by atoms with Gasteiger partial charge in [-0.1, -0.05) is 19.4 Å². The van der Waals surface area contributed by atoms with Crippen LogP contribution in [0.3, 0.4) is 0 Å². The number of nitrogens with zero attached hydrogens (tertiary/aromatic N) is 2. The number of hydrazone groups is 1. The van der Waals surface area contributed by atoms with Crippen LogP contribution in [0, 0.1) is 5.92 Å². The molecular weight excluding hydrogens is 214 g/mol. The van der Waals surface area contributed by atoms with Gasteiger partial charge in [0, 0.05) is 11.9 Å². The average molecular weight is 231 g/mol. The summed E-state index contributed by atoms with van der Waals surface area (Å²) in [5.41, 5.74) is 4.09. The van der Waals surface area contributed by atoms with Gasteiger partial charge in [-0.05, 0) is 37.3 Å². The molecule has 4 nitrogen and oxygen atoms in total. The minimum atomic E-state index is -0.240. The zero-order valence-electron chi connectivity index (χ0n) is 10.0. The normalized spacial score (nSPS) is 22.4. The molecule has 2 rings (SSSR count). The second kappa shape index (κ2) is 5.57. The predicted octanol–water partition coefficient (Wildman–Crippen LogP) is 2.38. The fourth-order valence-corrected chi connectivity index (χ4v) is 2.01. The van der Waals surface area contributed by atoms with Gasteiger partial charge in [0.25, 0.3) is 5.91 Å². The monoisotopic (exact) mass is 231 g/mol. The Hall–Kier alpha value is -1.71. The molecule has 0 saturated heterocycles. The van der Waals surface area contributed by atoms with Crippen LogP contribution in [0.1, 0.15) is 43.1 Å². The Bertz CT molecular complexity index is 414. The molecule has 17 heavy (non-hydrogen) atoms. The van der Waals surface area contributed by atoms with E-state index in [9.17, 15) is 4.79 Å². The van der Waals surface area contributed by atoms with Crippen molar-refractivity contribution in [1.82, 2.24) is 10.4 Å². The van der Waals surface area contributed by atoms with E-state index in [1.165, 1.54) is 12.8 Å². The highest BCUT2D eigenvalue weighted by Gasteiger charge is 2.16. The van der Waals surface area contributed by atoms with Gasteiger partial charge < -0.3 is 0 Å². The second-order valence-corrected chi connectivity index (χ2v) is 4.41. The van der Waals surface area contributed by atoms with Gasteiger partial charge in [-0.2, -0.15) is 5.10 Å². The van der Waals surface area contributed by atoms with Crippen molar-refractivity contribution in [2.45, 2.75) is 32.6 Å². The number of aromatic nitrogens is 1. The van der Waals surface area contributed by atoms with Gasteiger partial charge in [0.1, 0.15) is 5.69 Å². The number of rotatable bonds is 2. The summed E-state index contributed by atoms with van der Waals surface area (Å²) < 4.78 is 0. The maximum atomic E-state index is 11.7. The first-order chi connectivity index (χ1) is 8.27. The summed E-state index contributed by atoms with van der Waals surface area (Å²) in [4.78, 5) is 15.7. The quantitative estimate of drug-likeness (QED) is 0.794. The lowest BCUT2D eigenvalue weighted by molar-refractivity contribution is 0.0949. The fourth-order valence-electron chi connectivity index (χ4n) is 2.01. The molecule has 0 unspecified atom stereocenters. The van der Waals surface area contributed by atoms with Crippen LogP contribution in [0.15, 0.2) is 29.5 Å². The first-order valence-corrected chi connectivity index (χ1v) is 6.05. The molecule has 1 saturated carbocycles. The third-order valence-corrected chi connectivity index (χ3v) is 3.09. The minimum Gasteiger partial charge on any atom is -0.266 e. The van der Waals surface area contributed by atoms with Crippen molar-refractivity contribution < 1.29 is 4.79 Å². The summed E-state index contributed by atoms with van der Waals surface area (Å²) in [5.74, 6) is 0.239. The van der Waals surface area contributed by atoms with E-state index in [4.69, 9.17) is 0 Å². The van der Waals surface area contributed by atoms with Gasteiger partial charge in [-0.3, -0.25) is 9.78 Å². The molecular formula is C13H17N3O. The average Bonchev–Trinajstić information content (AvgIpc) is 2.38. The highest BCUT2D eigenvalue weighted by molar-refractivity contribution is 5.94. The molecule has 1 atom stereocenters. The van der Waals surface area contributed by atoms with Gasteiger partial charge in [-0.25, -0.2) is 5.43 Å². The molecule has 4 heteroatoms. The van der Waals surface area contributed by atoms with Gasteiger partial charge in [-0.15, -0.1) is 0 Å². The van der Waals surface area contributed by atoms with E-state index in [1.54, 1.807) is 24.4 Å². The van der Waals surface area contributed by atoms with Crippen molar-refractivity contribution in [2.24, 2.45) is 11.0 Å². The van der Waals surface area contributed by atoms with Crippen LogP contribution in [0.5, 0.6) is 0 Å². The van der Waals surface area contributed by atoms with Crippen LogP contribution >= 0.6 is 0 Å². The lowest BCUT2D eigenvalue weighted by Gasteiger charge is -2.19. The molecule has 1 aliphatic rings. The molecule has 1 fully saturated rings. The first kappa shape index (κ1) is 11.8. The lowest BCUT2D eigenvalue weighted by Crippen LogP contribution is -2.24. The Kier molecular flexibility index (Phi) is 3.85. The van der Waals surface area contributed by atoms with Crippen molar-refractivity contribution in [1.29, 1.82) is 0 Å². The summed E-state index contributed by atoms with van der Waals surface area (Å²) in [6.45, 7) is 2.16. The Morgan fingerprint density at radius 3 is 3.06 bits per heavy atom. The largest absolute Gasteiger partial charge is 0.289 e. The first-order valence-electron chi connectivity index (χ1n) is 6.05. The van der Waals surface area contributed by atoms with Crippen LogP contribution in [0.25, 0.3) is 0 Å². The number of carbonyl (C=O) groups excluding carboxylic acids is 1. The summed E-state index contributed by atoms with van der Waals surface area (Å²) in [6, 6.07) is 5.25. The van der Waals surface area contributed by atoms with Crippen molar-refractivity contribution in [3.05, 3.63) is 30.1 Å². The SMILES string of the molecule is C[C@@H]1CCCC/C1=N/NC(=O)c1ccccn1. The molecule has 1 heterocycles. The molecule has 1 aromatic rings. The second-order valence-electron chi connectivity index (χ2n) is 4.41. The fraction of sp³-hybridized carbons (Fsp3) is 0.462. The molecule has 1 N–H and O–H groups in total. The van der Waals surface area contributed by atoms with E-state index in [0.717, 1.165) is 18.6 Å². The third kappa shape index (κ3) is 3.12. The molecule has 0 bridgehead atoms. The Balaban J connectivity index is 1.97. The van der Waals surface area contributed by atoms with E-state index in [1.807, 2.05) is 0 Å². The van der Waals surface area contributed by atoms with Crippen molar-refractivity contribution in [2.75, 3.05) is 0 Å². The number of hydrogen-bond donors (Lipinski definition) is 1. The van der Waals surface area contributed by atoms with Gasteiger partial charge in [0.2, 0.25) is 0 Å². The van der Waals surface area contributed by atoms with Gasteiger partial charge in [0.15, 0.2) is 0 Å². The van der Waals surface area contributed by atoms with Gasteiger partial charge >= 0.3 is 0 Å². The van der Waals surface area contributed by atoms with Crippen LogP contribution in [-0.2, 0) is 0 Å². The summed E-state index contributed by atoms with van der Waals surface area (Å²) in [5, 5.41) is 4.22. The van der Waals surface area contributed by atoms with E-state index < -0.39 is 0 Å².